The Morgan fingerprint density at radius 1 is 1.27 bits per heavy atom. The van der Waals surface area contributed by atoms with Gasteiger partial charge in [-0.2, -0.15) is 0 Å². The lowest BCUT2D eigenvalue weighted by molar-refractivity contribution is 0.0699. The Kier molecular flexibility index (Phi) is 2.36. The zero-order valence-corrected chi connectivity index (χ0v) is 9.28. The molecule has 76 valence electrons. The van der Waals surface area contributed by atoms with Gasteiger partial charge in [0.1, 0.15) is 0 Å². The van der Waals surface area contributed by atoms with Crippen LogP contribution in [0.1, 0.15) is 10.4 Å². The van der Waals surface area contributed by atoms with Crippen LogP contribution in [-0.2, 0) is 0 Å². The molecule has 0 saturated carbocycles. The average Bonchev–Trinajstić information content (AvgIpc) is 2.23. The Hall–Kier alpha value is -1.55. The molecule has 0 spiro atoms. The predicted octanol–water partition coefficient (Wildman–Crippen LogP) is 2.88. The number of hydrogen-bond donors (Lipinski definition) is 2. The van der Waals surface area contributed by atoms with Crippen molar-refractivity contribution in [2.45, 2.75) is 0 Å². The minimum atomic E-state index is -0.967. The van der Waals surface area contributed by atoms with Crippen LogP contribution in [0.25, 0.3) is 10.8 Å². The van der Waals surface area contributed by atoms with Crippen molar-refractivity contribution in [2.75, 3.05) is 5.73 Å². The van der Waals surface area contributed by atoms with Gasteiger partial charge in [-0.15, -0.1) is 0 Å². The molecule has 2 aromatic rings. The van der Waals surface area contributed by atoms with E-state index in [-0.39, 0.29) is 5.56 Å². The SMILES string of the molecule is Nc1ccc(Br)c2cccc(C(=O)O)c12. The van der Waals surface area contributed by atoms with Crippen molar-refractivity contribution in [3.63, 3.8) is 0 Å². The number of benzene rings is 2. The van der Waals surface area contributed by atoms with Gasteiger partial charge in [-0.25, -0.2) is 4.79 Å². The first-order chi connectivity index (χ1) is 7.11. The number of nitrogens with two attached hydrogens (primary N) is 1. The molecule has 2 rings (SSSR count). The zero-order chi connectivity index (χ0) is 11.0. The van der Waals surface area contributed by atoms with E-state index in [2.05, 4.69) is 15.9 Å². The van der Waals surface area contributed by atoms with Crippen molar-refractivity contribution in [1.82, 2.24) is 0 Å². The quantitative estimate of drug-likeness (QED) is 0.780. The molecule has 0 fully saturated rings. The molecule has 2 aromatic carbocycles. The number of carboxylic acids is 1. The molecule has 0 saturated heterocycles. The summed E-state index contributed by atoms with van der Waals surface area (Å²) in [6, 6.07) is 8.59. The summed E-state index contributed by atoms with van der Waals surface area (Å²) in [7, 11) is 0. The van der Waals surface area contributed by atoms with Crippen molar-refractivity contribution < 1.29 is 9.90 Å². The van der Waals surface area contributed by atoms with Crippen LogP contribution in [0.4, 0.5) is 5.69 Å². The monoisotopic (exact) mass is 265 g/mol. The highest BCUT2D eigenvalue weighted by atomic mass is 79.9. The molecule has 0 aromatic heterocycles. The summed E-state index contributed by atoms with van der Waals surface area (Å²) in [6.45, 7) is 0. The summed E-state index contributed by atoms with van der Waals surface area (Å²) in [5, 5.41) is 10.4. The summed E-state index contributed by atoms with van der Waals surface area (Å²) in [5.41, 5.74) is 6.49. The van der Waals surface area contributed by atoms with E-state index in [9.17, 15) is 4.79 Å². The molecule has 0 unspecified atom stereocenters. The normalized spacial score (nSPS) is 10.5. The number of aromatic carboxylic acids is 1. The number of carbonyl (C=O) groups is 1. The molecule has 0 aliphatic carbocycles. The minimum Gasteiger partial charge on any atom is -0.478 e. The van der Waals surface area contributed by atoms with E-state index in [1.165, 1.54) is 0 Å². The van der Waals surface area contributed by atoms with Gasteiger partial charge < -0.3 is 10.8 Å². The van der Waals surface area contributed by atoms with Gasteiger partial charge in [-0.3, -0.25) is 0 Å². The van der Waals surface area contributed by atoms with Crippen LogP contribution < -0.4 is 5.73 Å². The van der Waals surface area contributed by atoms with Gasteiger partial charge in [0.15, 0.2) is 0 Å². The van der Waals surface area contributed by atoms with Gasteiger partial charge in [0.05, 0.1) is 5.56 Å². The summed E-state index contributed by atoms with van der Waals surface area (Å²) in [6.07, 6.45) is 0. The largest absolute Gasteiger partial charge is 0.478 e. The second-order valence-electron chi connectivity index (χ2n) is 3.17. The van der Waals surface area contributed by atoms with E-state index in [1.54, 1.807) is 18.2 Å². The molecule has 4 heteroatoms. The fraction of sp³-hybridized carbons (Fsp3) is 0. The molecule has 0 aliphatic rings. The van der Waals surface area contributed by atoms with Crippen LogP contribution in [0, 0.1) is 0 Å². The van der Waals surface area contributed by atoms with Crippen molar-refractivity contribution >= 4 is 38.4 Å². The molecule has 0 bridgehead atoms. The first-order valence-electron chi connectivity index (χ1n) is 4.31. The topological polar surface area (TPSA) is 63.3 Å². The van der Waals surface area contributed by atoms with Gasteiger partial charge in [-0.1, -0.05) is 28.1 Å². The van der Waals surface area contributed by atoms with Crippen molar-refractivity contribution in [3.05, 3.63) is 40.4 Å². The van der Waals surface area contributed by atoms with Crippen LogP contribution >= 0.6 is 15.9 Å². The van der Waals surface area contributed by atoms with Crippen molar-refractivity contribution in [2.24, 2.45) is 0 Å². The van der Waals surface area contributed by atoms with E-state index in [1.807, 2.05) is 12.1 Å². The molecular formula is C11H8BrNO2. The number of nitrogen functional groups attached to an aromatic ring is 1. The lowest BCUT2D eigenvalue weighted by atomic mass is 10.0. The fourth-order valence-corrected chi connectivity index (χ4v) is 2.04. The van der Waals surface area contributed by atoms with E-state index in [4.69, 9.17) is 10.8 Å². The predicted molar refractivity (Wildman–Crippen MR) is 63.0 cm³/mol. The smallest absolute Gasteiger partial charge is 0.336 e. The maximum Gasteiger partial charge on any atom is 0.336 e. The van der Waals surface area contributed by atoms with Crippen molar-refractivity contribution in [3.8, 4) is 0 Å². The first kappa shape index (κ1) is 9.98. The molecule has 15 heavy (non-hydrogen) atoms. The highest BCUT2D eigenvalue weighted by Gasteiger charge is 2.11. The van der Waals surface area contributed by atoms with Crippen LogP contribution in [0.2, 0.25) is 0 Å². The van der Waals surface area contributed by atoms with Crippen LogP contribution in [0.5, 0.6) is 0 Å². The molecule has 3 nitrogen and oxygen atoms in total. The standard InChI is InChI=1S/C11H8BrNO2/c12-8-4-5-9(13)10-6(8)2-1-3-7(10)11(14)15/h1-5H,13H2,(H,14,15). The third-order valence-electron chi connectivity index (χ3n) is 2.25. The zero-order valence-electron chi connectivity index (χ0n) is 7.70. The number of rotatable bonds is 1. The van der Waals surface area contributed by atoms with Gasteiger partial charge in [0.25, 0.3) is 0 Å². The molecule has 0 radical (unpaired) electrons. The highest BCUT2D eigenvalue weighted by molar-refractivity contribution is 9.10. The first-order valence-corrected chi connectivity index (χ1v) is 5.10. The number of halogens is 1. The van der Waals surface area contributed by atoms with Gasteiger partial charge in [0.2, 0.25) is 0 Å². The Morgan fingerprint density at radius 3 is 2.67 bits per heavy atom. The summed E-state index contributed by atoms with van der Waals surface area (Å²) in [4.78, 5) is 11.0. The number of fused-ring (bicyclic) bond motifs is 1. The third kappa shape index (κ3) is 1.57. The maximum atomic E-state index is 11.0. The molecule has 0 atom stereocenters. The molecule has 3 N–H and O–H groups in total. The van der Waals surface area contributed by atoms with Gasteiger partial charge in [-0.05, 0) is 23.6 Å². The Labute approximate surface area is 94.6 Å². The Morgan fingerprint density at radius 2 is 2.00 bits per heavy atom. The van der Waals surface area contributed by atoms with E-state index >= 15 is 0 Å². The van der Waals surface area contributed by atoms with Gasteiger partial charge in [0, 0.05) is 15.5 Å². The summed E-state index contributed by atoms with van der Waals surface area (Å²) >= 11 is 3.37. The lowest BCUT2D eigenvalue weighted by Gasteiger charge is -2.07. The molecule has 0 aliphatic heterocycles. The second-order valence-corrected chi connectivity index (χ2v) is 4.02. The minimum absolute atomic E-state index is 0.228. The van der Waals surface area contributed by atoms with Gasteiger partial charge >= 0.3 is 5.97 Å². The number of carboxylic acid groups (broad SMARTS) is 1. The van der Waals surface area contributed by atoms with Crippen molar-refractivity contribution in [1.29, 1.82) is 0 Å². The Balaban J connectivity index is 2.96. The molecule has 0 amide bonds. The third-order valence-corrected chi connectivity index (χ3v) is 2.94. The summed E-state index contributed by atoms with van der Waals surface area (Å²) < 4.78 is 0.842. The lowest BCUT2D eigenvalue weighted by Crippen LogP contribution is -2.00. The Bertz CT molecular complexity index is 552. The molecular weight excluding hydrogens is 258 g/mol. The van der Waals surface area contributed by atoms with Crippen LogP contribution in [0.15, 0.2) is 34.8 Å². The average molecular weight is 266 g/mol. The van der Waals surface area contributed by atoms with E-state index in [0.717, 1.165) is 9.86 Å². The second kappa shape index (κ2) is 3.55. The fourth-order valence-electron chi connectivity index (χ4n) is 1.58. The number of hydrogen-bond acceptors (Lipinski definition) is 2. The summed E-state index contributed by atoms with van der Waals surface area (Å²) in [5.74, 6) is -0.967. The van der Waals surface area contributed by atoms with Crippen LogP contribution in [0.3, 0.4) is 0 Å². The molecule has 0 heterocycles. The maximum absolute atomic E-state index is 11.0. The van der Waals surface area contributed by atoms with Crippen LogP contribution in [-0.4, -0.2) is 11.1 Å². The van der Waals surface area contributed by atoms with E-state index < -0.39 is 5.97 Å². The highest BCUT2D eigenvalue weighted by Crippen LogP contribution is 2.31. The number of anilines is 1. The van der Waals surface area contributed by atoms with E-state index in [0.29, 0.717) is 11.1 Å².